The lowest BCUT2D eigenvalue weighted by Gasteiger charge is -2.29. The van der Waals surface area contributed by atoms with Crippen molar-refractivity contribution in [1.29, 1.82) is 0 Å². The van der Waals surface area contributed by atoms with E-state index in [1.54, 1.807) is 6.07 Å². The van der Waals surface area contributed by atoms with Gasteiger partial charge in [-0.3, -0.25) is 9.10 Å². The van der Waals surface area contributed by atoms with Gasteiger partial charge in [0.25, 0.3) is 0 Å². The Bertz CT molecular complexity index is 951. The van der Waals surface area contributed by atoms with E-state index in [0.717, 1.165) is 16.1 Å². The Kier molecular flexibility index (Phi) is 7.57. The number of amides is 1. The molecule has 2 rings (SSSR count). The third kappa shape index (κ3) is 6.02. The first-order chi connectivity index (χ1) is 13.1. The molecule has 6 nitrogen and oxygen atoms in total. The molecule has 1 unspecified atom stereocenters. The zero-order valence-electron chi connectivity index (χ0n) is 15.8. The molecule has 9 heteroatoms. The minimum Gasteiger partial charge on any atom is -0.492 e. The smallest absolute Gasteiger partial charge is 0.243 e. The summed E-state index contributed by atoms with van der Waals surface area (Å²) in [4.78, 5) is 12.5. The summed E-state index contributed by atoms with van der Waals surface area (Å²) in [5.41, 5.74) is 1.22. The number of hydrogen-bond donors (Lipinski definition) is 1. The normalized spacial score (nSPS) is 12.3. The first-order valence-corrected chi connectivity index (χ1v) is 11.1. The lowest BCUT2D eigenvalue weighted by molar-refractivity contribution is -0.121. The summed E-state index contributed by atoms with van der Waals surface area (Å²) in [5.74, 6) is 0.222. The molecule has 0 heterocycles. The van der Waals surface area contributed by atoms with Crippen LogP contribution in [0, 0.1) is 6.92 Å². The van der Waals surface area contributed by atoms with Crippen molar-refractivity contribution in [1.82, 2.24) is 5.32 Å². The maximum atomic E-state index is 12.5. The fraction of sp³-hybridized carbons (Fsp3) is 0.316. The zero-order valence-corrected chi connectivity index (χ0v) is 18.1. The van der Waals surface area contributed by atoms with Crippen LogP contribution in [-0.2, 0) is 14.8 Å². The van der Waals surface area contributed by atoms with Crippen LogP contribution >= 0.6 is 23.2 Å². The minimum absolute atomic E-state index is 0.148. The number of nitrogens with zero attached hydrogens (tertiary/aromatic N) is 1. The molecule has 0 aromatic heterocycles. The quantitative estimate of drug-likeness (QED) is 0.630. The Morgan fingerprint density at radius 2 is 1.93 bits per heavy atom. The Balaban J connectivity index is 2.04. The average molecular weight is 445 g/mol. The van der Waals surface area contributed by atoms with Crippen LogP contribution in [-0.4, -0.2) is 39.8 Å². The van der Waals surface area contributed by atoms with Gasteiger partial charge in [-0.25, -0.2) is 8.42 Å². The first kappa shape index (κ1) is 22.3. The van der Waals surface area contributed by atoms with Crippen molar-refractivity contribution in [2.75, 3.05) is 23.7 Å². The first-order valence-electron chi connectivity index (χ1n) is 8.51. The van der Waals surface area contributed by atoms with E-state index in [1.165, 1.54) is 19.1 Å². The molecular weight excluding hydrogens is 423 g/mol. The van der Waals surface area contributed by atoms with Crippen LogP contribution in [0.4, 0.5) is 5.69 Å². The molecule has 2 aromatic rings. The van der Waals surface area contributed by atoms with Crippen LogP contribution in [0.1, 0.15) is 12.5 Å². The van der Waals surface area contributed by atoms with Crippen molar-refractivity contribution in [2.24, 2.45) is 0 Å². The molecule has 0 fully saturated rings. The number of anilines is 1. The Morgan fingerprint density at radius 1 is 1.21 bits per heavy atom. The maximum absolute atomic E-state index is 12.5. The van der Waals surface area contributed by atoms with E-state index in [9.17, 15) is 13.2 Å². The number of rotatable bonds is 8. The molecule has 0 aliphatic heterocycles. The van der Waals surface area contributed by atoms with Crippen LogP contribution in [0.25, 0.3) is 0 Å². The molecule has 152 valence electrons. The second-order valence-corrected chi connectivity index (χ2v) is 8.99. The van der Waals surface area contributed by atoms with E-state index in [-0.39, 0.29) is 23.9 Å². The van der Waals surface area contributed by atoms with Gasteiger partial charge in [0.15, 0.2) is 0 Å². The van der Waals surface area contributed by atoms with E-state index in [0.29, 0.717) is 10.8 Å². The molecule has 0 bridgehead atoms. The Labute approximate surface area is 175 Å². The van der Waals surface area contributed by atoms with Crippen LogP contribution in [0.2, 0.25) is 10.0 Å². The van der Waals surface area contributed by atoms with Gasteiger partial charge in [-0.2, -0.15) is 0 Å². The number of benzene rings is 2. The fourth-order valence-corrected chi connectivity index (χ4v) is 4.24. The van der Waals surface area contributed by atoms with Gasteiger partial charge in [-0.05, 0) is 49.7 Å². The van der Waals surface area contributed by atoms with Gasteiger partial charge in [-0.15, -0.1) is 0 Å². The number of nitrogens with one attached hydrogen (secondary N) is 1. The predicted octanol–water partition coefficient (Wildman–Crippen LogP) is 3.65. The van der Waals surface area contributed by atoms with Gasteiger partial charge >= 0.3 is 0 Å². The summed E-state index contributed by atoms with van der Waals surface area (Å²) in [7, 11) is -3.78. The predicted molar refractivity (Wildman–Crippen MR) is 113 cm³/mol. The lowest BCUT2D eigenvalue weighted by Crippen LogP contribution is -2.48. The summed E-state index contributed by atoms with van der Waals surface area (Å²) in [6.45, 7) is 3.91. The van der Waals surface area contributed by atoms with Crippen molar-refractivity contribution >= 4 is 44.8 Å². The zero-order chi connectivity index (χ0) is 20.9. The van der Waals surface area contributed by atoms with Gasteiger partial charge in [0.2, 0.25) is 15.9 Å². The topological polar surface area (TPSA) is 75.7 Å². The van der Waals surface area contributed by atoms with E-state index < -0.39 is 22.0 Å². The van der Waals surface area contributed by atoms with Crippen molar-refractivity contribution in [2.45, 2.75) is 19.9 Å². The molecule has 0 aliphatic rings. The largest absolute Gasteiger partial charge is 0.492 e. The highest BCUT2D eigenvalue weighted by Crippen LogP contribution is 2.32. The van der Waals surface area contributed by atoms with Gasteiger partial charge in [0.05, 0.1) is 23.5 Å². The number of hydrogen-bond acceptors (Lipinski definition) is 4. The number of carbonyl (C=O) groups is 1. The summed E-state index contributed by atoms with van der Waals surface area (Å²) < 4.78 is 31.2. The van der Waals surface area contributed by atoms with Crippen LogP contribution in [0.15, 0.2) is 42.5 Å². The van der Waals surface area contributed by atoms with Crippen molar-refractivity contribution < 1.29 is 17.9 Å². The molecular formula is C19H22Cl2N2O4S. The van der Waals surface area contributed by atoms with E-state index in [4.69, 9.17) is 27.9 Å². The Morgan fingerprint density at radius 3 is 2.57 bits per heavy atom. The molecule has 1 amide bonds. The number of carbonyl (C=O) groups excluding carboxylic acids is 1. The van der Waals surface area contributed by atoms with Crippen molar-refractivity contribution in [3.8, 4) is 5.75 Å². The highest BCUT2D eigenvalue weighted by Gasteiger charge is 2.30. The molecule has 0 radical (unpaired) electrons. The second kappa shape index (κ2) is 9.49. The van der Waals surface area contributed by atoms with Gasteiger partial charge in [0, 0.05) is 5.02 Å². The van der Waals surface area contributed by atoms with Gasteiger partial charge in [-0.1, -0.05) is 35.3 Å². The summed E-state index contributed by atoms with van der Waals surface area (Å²) in [6, 6.07) is 11.0. The third-order valence-corrected chi connectivity index (χ3v) is 5.68. The lowest BCUT2D eigenvalue weighted by atomic mass is 10.2. The third-order valence-electron chi connectivity index (χ3n) is 3.89. The number of halogens is 2. The van der Waals surface area contributed by atoms with Crippen LogP contribution < -0.4 is 14.4 Å². The molecule has 0 aliphatic carbocycles. The standard InChI is InChI=1S/C19H22Cl2N2O4S/c1-13-5-4-6-16(11-13)27-10-9-22-19(24)14(2)23(28(3,25)26)18-12-15(20)7-8-17(18)21/h4-8,11-12,14H,9-10H2,1-3H3,(H,22,24). The fourth-order valence-electron chi connectivity index (χ4n) is 2.63. The highest BCUT2D eigenvalue weighted by molar-refractivity contribution is 7.92. The molecule has 1 N–H and O–H groups in total. The Hall–Kier alpha value is -1.96. The van der Waals surface area contributed by atoms with Crippen molar-refractivity contribution in [3.63, 3.8) is 0 Å². The van der Waals surface area contributed by atoms with Crippen LogP contribution in [0.5, 0.6) is 5.75 Å². The summed E-state index contributed by atoms with van der Waals surface area (Å²) in [6.07, 6.45) is 1.01. The second-order valence-electron chi connectivity index (χ2n) is 6.29. The number of ether oxygens (including phenoxy) is 1. The van der Waals surface area contributed by atoms with E-state index in [2.05, 4.69) is 5.32 Å². The molecule has 0 saturated carbocycles. The number of sulfonamides is 1. The molecule has 1 atom stereocenters. The maximum Gasteiger partial charge on any atom is 0.243 e. The molecule has 2 aromatic carbocycles. The number of aryl methyl sites for hydroxylation is 1. The molecule has 0 saturated heterocycles. The van der Waals surface area contributed by atoms with E-state index in [1.807, 2.05) is 31.2 Å². The molecule has 28 heavy (non-hydrogen) atoms. The van der Waals surface area contributed by atoms with E-state index >= 15 is 0 Å². The minimum atomic E-state index is -3.78. The average Bonchev–Trinajstić information content (AvgIpc) is 2.60. The van der Waals surface area contributed by atoms with Crippen molar-refractivity contribution in [3.05, 3.63) is 58.1 Å². The summed E-state index contributed by atoms with van der Waals surface area (Å²) in [5, 5.41) is 3.17. The summed E-state index contributed by atoms with van der Waals surface area (Å²) >= 11 is 12.1. The SMILES string of the molecule is Cc1cccc(OCCNC(=O)C(C)N(c2cc(Cl)ccc2Cl)S(C)(=O)=O)c1. The molecule has 0 spiro atoms. The van der Waals surface area contributed by atoms with Gasteiger partial charge in [0.1, 0.15) is 18.4 Å². The van der Waals surface area contributed by atoms with Gasteiger partial charge < -0.3 is 10.1 Å². The highest BCUT2D eigenvalue weighted by atomic mass is 35.5. The van der Waals surface area contributed by atoms with Crippen LogP contribution in [0.3, 0.4) is 0 Å². The monoisotopic (exact) mass is 444 g/mol.